The van der Waals surface area contributed by atoms with Crippen molar-refractivity contribution in [3.05, 3.63) is 60.2 Å². The van der Waals surface area contributed by atoms with Gasteiger partial charge in [0.2, 0.25) is 5.88 Å². The van der Waals surface area contributed by atoms with Crippen molar-refractivity contribution >= 4 is 34.5 Å². The molecule has 1 aliphatic carbocycles. The second kappa shape index (κ2) is 6.33. The number of H-pyrrole nitrogens is 1. The highest BCUT2D eigenvalue weighted by Gasteiger charge is 2.28. The van der Waals surface area contributed by atoms with Gasteiger partial charge in [0.1, 0.15) is 10.8 Å². The smallest absolute Gasteiger partial charge is 0.307 e. The summed E-state index contributed by atoms with van der Waals surface area (Å²) < 4.78 is 5.76. The minimum atomic E-state index is -0.252. The first-order chi connectivity index (χ1) is 12.0. The molecule has 1 atom stereocenters. The number of halogens is 2. The van der Waals surface area contributed by atoms with E-state index in [-0.39, 0.29) is 26.8 Å². The van der Waals surface area contributed by atoms with E-state index in [0.29, 0.717) is 16.4 Å². The summed E-state index contributed by atoms with van der Waals surface area (Å²) in [5.74, 6) is 0.903. The minimum absolute atomic E-state index is 0.00799. The highest BCUT2D eigenvalue weighted by molar-refractivity contribution is 7.09. The van der Waals surface area contributed by atoms with E-state index in [4.69, 9.17) is 27.9 Å². The van der Waals surface area contributed by atoms with Crippen molar-refractivity contribution in [3.8, 4) is 17.4 Å². The molecule has 0 amide bonds. The van der Waals surface area contributed by atoms with Gasteiger partial charge < -0.3 is 9.84 Å². The number of aromatic nitrogens is 3. The number of aromatic hydroxyl groups is 1. The Bertz CT molecular complexity index is 1020. The van der Waals surface area contributed by atoms with Crippen LogP contribution in [0.3, 0.4) is 0 Å². The molecule has 0 spiro atoms. The maximum Gasteiger partial charge on any atom is 0.307 e. The minimum Gasteiger partial charge on any atom is -0.494 e. The second-order valence-electron chi connectivity index (χ2n) is 5.59. The zero-order valence-electron chi connectivity index (χ0n) is 12.6. The third-order valence-electron chi connectivity index (χ3n) is 4.11. The van der Waals surface area contributed by atoms with Gasteiger partial charge in [0.15, 0.2) is 10.9 Å². The van der Waals surface area contributed by atoms with Crippen molar-refractivity contribution in [2.75, 3.05) is 0 Å². The summed E-state index contributed by atoms with van der Waals surface area (Å²) in [5.41, 5.74) is 2.18. The Morgan fingerprint density at radius 3 is 2.96 bits per heavy atom. The molecule has 0 bridgehead atoms. The fourth-order valence-corrected chi connectivity index (χ4v) is 4.17. The van der Waals surface area contributed by atoms with E-state index in [1.165, 1.54) is 6.20 Å². The predicted molar refractivity (Wildman–Crippen MR) is 95.3 cm³/mol. The average Bonchev–Trinajstić information content (AvgIpc) is 3.14. The number of hydrogen-bond donors (Lipinski definition) is 2. The highest BCUT2D eigenvalue weighted by atomic mass is 35.5. The highest BCUT2D eigenvalue weighted by Crippen LogP contribution is 2.43. The number of nitrogens with one attached hydrogen (secondary N) is 1. The number of hydrogen-bond acceptors (Lipinski definition) is 6. The van der Waals surface area contributed by atoms with Gasteiger partial charge in [-0.3, -0.25) is 9.78 Å². The van der Waals surface area contributed by atoms with Crippen LogP contribution in [-0.4, -0.2) is 20.3 Å². The molecular weight excluding hydrogens is 385 g/mol. The van der Waals surface area contributed by atoms with Crippen LogP contribution in [0.4, 0.5) is 0 Å². The number of benzene rings is 1. The summed E-state index contributed by atoms with van der Waals surface area (Å²) in [6.45, 7) is 0. The Hall–Kier alpha value is -2.09. The summed E-state index contributed by atoms with van der Waals surface area (Å²) in [7, 11) is 0. The lowest BCUT2D eigenvalue weighted by molar-refractivity contribution is 0.447. The van der Waals surface area contributed by atoms with E-state index in [9.17, 15) is 9.90 Å². The van der Waals surface area contributed by atoms with Crippen LogP contribution >= 0.6 is 34.5 Å². The predicted octanol–water partition coefficient (Wildman–Crippen LogP) is 4.11. The lowest BCUT2D eigenvalue weighted by atomic mass is 10.00. The van der Waals surface area contributed by atoms with Gasteiger partial charge in [-0.2, -0.15) is 5.10 Å². The second-order valence-corrected chi connectivity index (χ2v) is 7.35. The van der Waals surface area contributed by atoms with Crippen LogP contribution in [0.1, 0.15) is 28.3 Å². The van der Waals surface area contributed by atoms with Crippen LogP contribution in [0.5, 0.6) is 17.4 Å². The van der Waals surface area contributed by atoms with Gasteiger partial charge >= 0.3 is 4.87 Å². The molecular formula is C16H11Cl2N3O3S. The maximum atomic E-state index is 11.4. The molecule has 3 aromatic rings. The fourth-order valence-electron chi connectivity index (χ4n) is 3.03. The van der Waals surface area contributed by atoms with E-state index < -0.39 is 0 Å². The Balaban J connectivity index is 1.64. The summed E-state index contributed by atoms with van der Waals surface area (Å²) in [5, 5.41) is 17.6. The SMILES string of the molecule is O=c1[nH]c(O)c(C2CCc3cc(Oc4cnnc(Cl)c4Cl)ccc32)s1. The first kappa shape index (κ1) is 16.4. The van der Waals surface area contributed by atoms with Gasteiger partial charge in [0.05, 0.1) is 11.1 Å². The third kappa shape index (κ3) is 2.99. The molecule has 4 rings (SSSR count). The van der Waals surface area contributed by atoms with Crippen LogP contribution < -0.4 is 9.61 Å². The quantitative estimate of drug-likeness (QED) is 0.696. The molecule has 0 radical (unpaired) electrons. The number of aromatic amines is 1. The number of thiazole rings is 1. The van der Waals surface area contributed by atoms with Crippen molar-refractivity contribution < 1.29 is 9.84 Å². The maximum absolute atomic E-state index is 11.4. The van der Waals surface area contributed by atoms with Crippen molar-refractivity contribution in [2.24, 2.45) is 0 Å². The van der Waals surface area contributed by atoms with Crippen molar-refractivity contribution in [3.63, 3.8) is 0 Å². The third-order valence-corrected chi connectivity index (χ3v) is 5.82. The number of rotatable bonds is 3. The molecule has 1 aliphatic rings. The Morgan fingerprint density at radius 1 is 1.36 bits per heavy atom. The van der Waals surface area contributed by atoms with Crippen LogP contribution in [0.2, 0.25) is 10.2 Å². The lowest BCUT2D eigenvalue weighted by Crippen LogP contribution is -1.95. The van der Waals surface area contributed by atoms with Gasteiger partial charge in [-0.1, -0.05) is 40.6 Å². The average molecular weight is 396 g/mol. The normalized spacial score (nSPS) is 16.0. The zero-order valence-corrected chi connectivity index (χ0v) is 15.0. The largest absolute Gasteiger partial charge is 0.494 e. The molecule has 0 aliphatic heterocycles. The molecule has 6 nitrogen and oxygen atoms in total. The van der Waals surface area contributed by atoms with Crippen LogP contribution in [0, 0.1) is 0 Å². The van der Waals surface area contributed by atoms with Gasteiger partial charge in [-0.05, 0) is 36.1 Å². The van der Waals surface area contributed by atoms with Gasteiger partial charge in [-0.15, -0.1) is 5.10 Å². The van der Waals surface area contributed by atoms with Crippen LogP contribution in [0.15, 0.2) is 29.2 Å². The summed E-state index contributed by atoms with van der Waals surface area (Å²) >= 11 is 13.0. The molecule has 2 N–H and O–H groups in total. The number of fused-ring (bicyclic) bond motifs is 1. The summed E-state index contributed by atoms with van der Waals surface area (Å²) in [4.78, 5) is 14.3. The molecule has 25 heavy (non-hydrogen) atoms. The molecule has 9 heteroatoms. The van der Waals surface area contributed by atoms with Crippen molar-refractivity contribution in [1.29, 1.82) is 0 Å². The van der Waals surface area contributed by atoms with E-state index >= 15 is 0 Å². The molecule has 0 saturated heterocycles. The molecule has 128 valence electrons. The zero-order chi connectivity index (χ0) is 17.6. The topological polar surface area (TPSA) is 88.1 Å². The monoisotopic (exact) mass is 395 g/mol. The first-order valence-corrected chi connectivity index (χ1v) is 8.99. The summed E-state index contributed by atoms with van der Waals surface area (Å²) in [6.07, 6.45) is 3.05. The van der Waals surface area contributed by atoms with Crippen LogP contribution in [0.25, 0.3) is 0 Å². The lowest BCUT2D eigenvalue weighted by Gasteiger charge is -2.11. The molecule has 2 aromatic heterocycles. The Kier molecular flexibility index (Phi) is 4.15. The Labute approximate surface area is 156 Å². The fraction of sp³-hybridized carbons (Fsp3) is 0.188. The standard InChI is InChI=1S/C16H11Cl2N3O3S/c17-12-11(6-19-21-14(12)18)24-8-2-4-9-7(5-8)1-3-10(9)13-15(22)20-16(23)25-13/h2,4-6,10,22H,1,3H2,(H,20,23). The van der Waals surface area contributed by atoms with Crippen molar-refractivity contribution in [1.82, 2.24) is 15.2 Å². The number of aryl methyl sites for hydroxylation is 1. The molecule has 0 fully saturated rings. The van der Waals surface area contributed by atoms with E-state index in [2.05, 4.69) is 15.2 Å². The van der Waals surface area contributed by atoms with Gasteiger partial charge in [0.25, 0.3) is 0 Å². The van der Waals surface area contributed by atoms with E-state index in [1.807, 2.05) is 18.2 Å². The van der Waals surface area contributed by atoms with Crippen LogP contribution in [-0.2, 0) is 6.42 Å². The van der Waals surface area contributed by atoms with Gasteiger partial charge in [0, 0.05) is 5.92 Å². The molecule has 2 heterocycles. The van der Waals surface area contributed by atoms with Crippen molar-refractivity contribution in [2.45, 2.75) is 18.8 Å². The van der Waals surface area contributed by atoms with E-state index in [0.717, 1.165) is 35.3 Å². The summed E-state index contributed by atoms with van der Waals surface area (Å²) in [6, 6.07) is 5.68. The molecule has 0 saturated carbocycles. The molecule has 1 aromatic carbocycles. The van der Waals surface area contributed by atoms with E-state index in [1.54, 1.807) is 0 Å². The number of nitrogens with zero attached hydrogens (tertiary/aromatic N) is 2. The first-order valence-electron chi connectivity index (χ1n) is 7.42. The number of ether oxygens (including phenoxy) is 1. The van der Waals surface area contributed by atoms with Gasteiger partial charge in [-0.25, -0.2) is 0 Å². The molecule has 1 unspecified atom stereocenters. The Morgan fingerprint density at radius 2 is 2.20 bits per heavy atom.